The number of amides is 2. The van der Waals surface area contributed by atoms with Crippen molar-refractivity contribution in [3.8, 4) is 5.75 Å². The molecular weight excluding hydrogens is 386 g/mol. The molecule has 0 spiro atoms. The van der Waals surface area contributed by atoms with E-state index in [0.29, 0.717) is 9.50 Å². The summed E-state index contributed by atoms with van der Waals surface area (Å²) in [5, 5.41) is 0.483. The van der Waals surface area contributed by atoms with Gasteiger partial charge >= 0.3 is 5.97 Å². The van der Waals surface area contributed by atoms with Crippen molar-refractivity contribution < 1.29 is 19.1 Å². The monoisotopic (exact) mass is 393 g/mol. The number of ether oxygens (including phenoxy) is 1. The van der Waals surface area contributed by atoms with Gasteiger partial charge in [0.1, 0.15) is 12.3 Å². The molecule has 5 nitrogen and oxygen atoms in total. The average Bonchev–Trinajstić information content (AvgIpc) is 2.76. The van der Waals surface area contributed by atoms with Gasteiger partial charge in [-0.3, -0.25) is 14.5 Å². The molecule has 1 heterocycles. The van der Waals surface area contributed by atoms with Crippen LogP contribution in [0, 0.1) is 0 Å². The highest BCUT2D eigenvalue weighted by molar-refractivity contribution is 9.10. The van der Waals surface area contributed by atoms with Gasteiger partial charge in [0.15, 0.2) is 0 Å². The van der Waals surface area contributed by atoms with E-state index in [1.54, 1.807) is 36.4 Å². The van der Waals surface area contributed by atoms with Crippen molar-refractivity contribution in [3.63, 3.8) is 0 Å². The Morgan fingerprint density at radius 2 is 1.70 bits per heavy atom. The highest BCUT2D eigenvalue weighted by Gasteiger charge is 2.36. The zero-order valence-electron chi connectivity index (χ0n) is 11.6. The van der Waals surface area contributed by atoms with Crippen LogP contribution in [0.15, 0.2) is 46.9 Å². The van der Waals surface area contributed by atoms with Crippen LogP contribution in [-0.2, 0) is 4.79 Å². The van der Waals surface area contributed by atoms with E-state index < -0.39 is 24.3 Å². The lowest BCUT2D eigenvalue weighted by molar-refractivity contribution is -0.134. The topological polar surface area (TPSA) is 63.7 Å². The van der Waals surface area contributed by atoms with E-state index >= 15 is 0 Å². The van der Waals surface area contributed by atoms with Crippen molar-refractivity contribution in [1.82, 2.24) is 4.90 Å². The summed E-state index contributed by atoms with van der Waals surface area (Å²) in [7, 11) is 0. The number of rotatable bonds is 3. The van der Waals surface area contributed by atoms with E-state index in [1.807, 2.05) is 0 Å². The van der Waals surface area contributed by atoms with Crippen molar-refractivity contribution in [3.05, 3.63) is 63.1 Å². The van der Waals surface area contributed by atoms with Gasteiger partial charge in [0.2, 0.25) is 0 Å². The third-order valence-corrected chi connectivity index (χ3v) is 4.14. The number of esters is 1. The lowest BCUT2D eigenvalue weighted by Crippen LogP contribution is -2.36. The molecule has 0 bridgehead atoms. The largest absolute Gasteiger partial charge is 0.424 e. The van der Waals surface area contributed by atoms with Crippen LogP contribution in [-0.4, -0.2) is 29.2 Å². The molecule has 23 heavy (non-hydrogen) atoms. The fourth-order valence-electron chi connectivity index (χ4n) is 2.22. The number of benzene rings is 2. The Kier molecular flexibility index (Phi) is 4.19. The zero-order chi connectivity index (χ0) is 16.6. The van der Waals surface area contributed by atoms with Crippen molar-refractivity contribution in [2.75, 3.05) is 6.54 Å². The number of carbonyl (C=O) groups excluding carboxylic acids is 3. The third-order valence-electron chi connectivity index (χ3n) is 3.28. The minimum Gasteiger partial charge on any atom is -0.424 e. The summed E-state index contributed by atoms with van der Waals surface area (Å²) in [5.41, 5.74) is 0.580. The van der Waals surface area contributed by atoms with Crippen molar-refractivity contribution in [2.45, 2.75) is 0 Å². The number of imide groups is 1. The van der Waals surface area contributed by atoms with Gasteiger partial charge in [-0.15, -0.1) is 0 Å². The standard InChI is InChI=1S/C16H9BrClNO4/c17-12-7-9(18)5-6-13(12)23-14(20)8-19-15(21)10-3-1-2-4-11(10)16(19)22/h1-7H,8H2. The van der Waals surface area contributed by atoms with Gasteiger partial charge in [-0.05, 0) is 46.3 Å². The molecule has 0 aromatic heterocycles. The van der Waals surface area contributed by atoms with Gasteiger partial charge in [0.25, 0.3) is 11.8 Å². The van der Waals surface area contributed by atoms with Crippen LogP contribution < -0.4 is 4.74 Å². The molecule has 0 unspecified atom stereocenters. The molecule has 0 N–H and O–H groups in total. The van der Waals surface area contributed by atoms with Gasteiger partial charge < -0.3 is 4.74 Å². The first-order chi connectivity index (χ1) is 11.0. The Balaban J connectivity index is 1.74. The fraction of sp³-hybridized carbons (Fsp3) is 0.0625. The lowest BCUT2D eigenvalue weighted by Gasteiger charge is -2.13. The predicted octanol–water partition coefficient (Wildman–Crippen LogP) is 3.30. The summed E-state index contributed by atoms with van der Waals surface area (Å²) in [5.74, 6) is -1.46. The minimum atomic E-state index is -0.720. The number of hydrogen-bond donors (Lipinski definition) is 0. The maximum absolute atomic E-state index is 12.2. The number of nitrogens with zero attached hydrogens (tertiary/aromatic N) is 1. The van der Waals surface area contributed by atoms with Crippen molar-refractivity contribution in [2.24, 2.45) is 0 Å². The van der Waals surface area contributed by atoms with Crippen LogP contribution in [0.5, 0.6) is 5.75 Å². The van der Waals surface area contributed by atoms with E-state index in [2.05, 4.69) is 15.9 Å². The van der Waals surface area contributed by atoms with E-state index in [-0.39, 0.29) is 16.9 Å². The van der Waals surface area contributed by atoms with Crippen LogP contribution >= 0.6 is 27.5 Å². The maximum atomic E-state index is 12.2. The predicted molar refractivity (Wildman–Crippen MR) is 86.6 cm³/mol. The van der Waals surface area contributed by atoms with Gasteiger partial charge in [-0.1, -0.05) is 23.7 Å². The van der Waals surface area contributed by atoms with Gasteiger partial charge in [0.05, 0.1) is 15.6 Å². The smallest absolute Gasteiger partial charge is 0.331 e. The molecule has 0 atom stereocenters. The molecule has 2 aromatic carbocycles. The second-order valence-electron chi connectivity index (χ2n) is 4.79. The highest BCUT2D eigenvalue weighted by atomic mass is 79.9. The zero-order valence-corrected chi connectivity index (χ0v) is 13.9. The van der Waals surface area contributed by atoms with Gasteiger partial charge in [0, 0.05) is 5.02 Å². The highest BCUT2D eigenvalue weighted by Crippen LogP contribution is 2.28. The summed E-state index contributed by atoms with van der Waals surface area (Å²) in [6.45, 7) is -0.457. The SMILES string of the molecule is O=C(CN1C(=O)c2ccccc2C1=O)Oc1ccc(Cl)cc1Br. The van der Waals surface area contributed by atoms with Gasteiger partial charge in [-0.2, -0.15) is 0 Å². The maximum Gasteiger partial charge on any atom is 0.331 e. The first-order valence-corrected chi connectivity index (χ1v) is 7.75. The van der Waals surface area contributed by atoms with Crippen LogP contribution in [0.4, 0.5) is 0 Å². The van der Waals surface area contributed by atoms with E-state index in [0.717, 1.165) is 4.90 Å². The van der Waals surface area contributed by atoms with Crippen LogP contribution in [0.2, 0.25) is 5.02 Å². The molecule has 7 heteroatoms. The van der Waals surface area contributed by atoms with E-state index in [9.17, 15) is 14.4 Å². The number of hydrogen-bond acceptors (Lipinski definition) is 4. The molecule has 0 saturated heterocycles. The first-order valence-electron chi connectivity index (χ1n) is 6.58. The summed E-state index contributed by atoms with van der Waals surface area (Å²) in [6.07, 6.45) is 0. The Morgan fingerprint density at radius 3 is 2.26 bits per heavy atom. The molecule has 3 rings (SSSR count). The van der Waals surface area contributed by atoms with Crippen molar-refractivity contribution >= 4 is 45.3 Å². The summed E-state index contributed by atoms with van der Waals surface area (Å²) >= 11 is 9.04. The normalized spacial score (nSPS) is 13.2. The summed E-state index contributed by atoms with van der Waals surface area (Å²) in [6, 6.07) is 11.1. The van der Waals surface area contributed by atoms with Crippen LogP contribution in [0.25, 0.3) is 0 Å². The molecule has 1 aliphatic heterocycles. The van der Waals surface area contributed by atoms with Gasteiger partial charge in [-0.25, -0.2) is 4.79 Å². The second kappa shape index (κ2) is 6.14. The number of halogens is 2. The molecule has 0 aliphatic carbocycles. The quantitative estimate of drug-likeness (QED) is 0.455. The van der Waals surface area contributed by atoms with Crippen molar-refractivity contribution in [1.29, 1.82) is 0 Å². The van der Waals surface area contributed by atoms with E-state index in [1.165, 1.54) is 6.07 Å². The number of carbonyl (C=O) groups is 3. The summed E-state index contributed by atoms with van der Waals surface area (Å²) < 4.78 is 5.67. The molecular formula is C16H9BrClNO4. The molecule has 0 fully saturated rings. The van der Waals surface area contributed by atoms with Crippen LogP contribution in [0.1, 0.15) is 20.7 Å². The number of fused-ring (bicyclic) bond motifs is 1. The Hall–Kier alpha value is -2.18. The molecule has 2 aromatic rings. The fourth-order valence-corrected chi connectivity index (χ4v) is 2.99. The Bertz CT molecular complexity index is 802. The molecule has 1 aliphatic rings. The minimum absolute atomic E-state index is 0.260. The third kappa shape index (κ3) is 3.00. The molecule has 0 saturated carbocycles. The Labute approximate surface area is 144 Å². The first kappa shape index (κ1) is 15.7. The lowest BCUT2D eigenvalue weighted by atomic mass is 10.1. The molecule has 116 valence electrons. The Morgan fingerprint density at radius 1 is 1.09 bits per heavy atom. The average molecular weight is 395 g/mol. The molecule has 2 amide bonds. The van der Waals surface area contributed by atoms with Crippen LogP contribution in [0.3, 0.4) is 0 Å². The summed E-state index contributed by atoms with van der Waals surface area (Å²) in [4.78, 5) is 37.3. The molecule has 0 radical (unpaired) electrons. The van der Waals surface area contributed by atoms with E-state index in [4.69, 9.17) is 16.3 Å². The second-order valence-corrected chi connectivity index (χ2v) is 6.08.